The van der Waals surface area contributed by atoms with Gasteiger partial charge in [0.05, 0.1) is 0 Å². The van der Waals surface area contributed by atoms with Crippen LogP contribution in [0.25, 0.3) is 0 Å². The molecule has 0 aromatic rings. The molecule has 0 N–H and O–H groups in total. The molecule has 18 heavy (non-hydrogen) atoms. The lowest BCUT2D eigenvalue weighted by atomic mass is 9.62. The minimum atomic E-state index is 1.13. The van der Waals surface area contributed by atoms with Crippen molar-refractivity contribution in [2.24, 2.45) is 35.5 Å². The first-order valence-corrected chi connectivity index (χ1v) is 8.85. The van der Waals surface area contributed by atoms with Crippen LogP contribution in [0.4, 0.5) is 0 Å². The zero-order valence-corrected chi connectivity index (χ0v) is 11.9. The highest BCUT2D eigenvalue weighted by Gasteiger charge is 2.36. The molecule has 5 rings (SSSR count). The lowest BCUT2D eigenvalue weighted by Crippen LogP contribution is -2.31. The topological polar surface area (TPSA) is 0 Å². The first-order chi connectivity index (χ1) is 8.85. The van der Waals surface area contributed by atoms with E-state index < -0.39 is 0 Å². The Morgan fingerprint density at radius 3 is 0.611 bits per heavy atom. The molecular weight excluding hydrogens is 216 g/mol. The van der Waals surface area contributed by atoms with Crippen molar-refractivity contribution in [1.82, 2.24) is 0 Å². The lowest BCUT2D eigenvalue weighted by molar-refractivity contribution is 0.0811. The van der Waals surface area contributed by atoms with Crippen LogP contribution in [0.1, 0.15) is 77.0 Å². The Labute approximate surface area is 113 Å². The fraction of sp³-hybridized carbons (Fsp3) is 1.00. The molecule has 0 aromatic carbocycles. The molecule has 0 atom stereocenters. The molecule has 5 aliphatic rings. The van der Waals surface area contributed by atoms with E-state index in [4.69, 9.17) is 0 Å². The minimum Gasteiger partial charge on any atom is -0.0502 e. The first-order valence-electron chi connectivity index (χ1n) is 8.85. The van der Waals surface area contributed by atoms with Crippen LogP contribution < -0.4 is 0 Å². The summed E-state index contributed by atoms with van der Waals surface area (Å²) in [5.41, 5.74) is 0. The second-order valence-corrected chi connectivity index (χ2v) is 8.34. The molecular formula is C18H30. The quantitative estimate of drug-likeness (QED) is 0.535. The number of hydrogen-bond donors (Lipinski definition) is 0. The molecule has 0 unspecified atom stereocenters. The van der Waals surface area contributed by atoms with Crippen LogP contribution in [-0.2, 0) is 0 Å². The van der Waals surface area contributed by atoms with E-state index in [0.717, 1.165) is 35.5 Å². The molecule has 0 aromatic heterocycles. The summed E-state index contributed by atoms with van der Waals surface area (Å²) in [6, 6.07) is 0. The van der Waals surface area contributed by atoms with Gasteiger partial charge in [-0.2, -0.15) is 0 Å². The van der Waals surface area contributed by atoms with Gasteiger partial charge in [-0.1, -0.05) is 38.5 Å². The van der Waals surface area contributed by atoms with E-state index in [2.05, 4.69) is 0 Å². The van der Waals surface area contributed by atoms with Gasteiger partial charge in [0.2, 0.25) is 0 Å². The van der Waals surface area contributed by atoms with Crippen molar-refractivity contribution in [1.29, 1.82) is 0 Å². The standard InChI is InChI=1S/C18H30/c1-2-14-9-17-5-3-15-7-13(1)8-16(11-15)4-6-18(10-14)12-17/h13-18H,1-12H2. The maximum atomic E-state index is 1.61. The predicted octanol–water partition coefficient (Wildman–Crippen LogP) is 5.42. The highest BCUT2D eigenvalue weighted by atomic mass is 14.4. The van der Waals surface area contributed by atoms with E-state index >= 15 is 0 Å². The molecule has 6 bridgehead atoms. The maximum absolute atomic E-state index is 1.61. The van der Waals surface area contributed by atoms with E-state index in [-0.39, 0.29) is 0 Å². The molecule has 0 amide bonds. The second kappa shape index (κ2) is 4.84. The zero-order valence-electron chi connectivity index (χ0n) is 11.9. The molecule has 5 saturated carbocycles. The van der Waals surface area contributed by atoms with Gasteiger partial charge in [0.25, 0.3) is 0 Å². The smallest absolute Gasteiger partial charge is 0.0409 e. The summed E-state index contributed by atoms with van der Waals surface area (Å²) in [6.45, 7) is 0. The van der Waals surface area contributed by atoms with Crippen LogP contribution in [0.15, 0.2) is 0 Å². The van der Waals surface area contributed by atoms with E-state index in [1.54, 1.807) is 77.0 Å². The van der Waals surface area contributed by atoms with E-state index in [1.807, 2.05) is 0 Å². The fourth-order valence-electron chi connectivity index (χ4n) is 6.23. The van der Waals surface area contributed by atoms with E-state index in [1.165, 1.54) is 0 Å². The molecule has 5 aliphatic carbocycles. The molecule has 0 spiro atoms. The highest BCUT2D eigenvalue weighted by molar-refractivity contribution is 4.88. The Morgan fingerprint density at radius 2 is 0.444 bits per heavy atom. The molecule has 0 heterocycles. The summed E-state index contributed by atoms with van der Waals surface area (Å²) >= 11 is 0. The van der Waals surface area contributed by atoms with Gasteiger partial charge in [-0.25, -0.2) is 0 Å². The Balaban J connectivity index is 1.61. The van der Waals surface area contributed by atoms with Crippen LogP contribution in [0, 0.1) is 35.5 Å². The van der Waals surface area contributed by atoms with Gasteiger partial charge in [0.1, 0.15) is 0 Å². The van der Waals surface area contributed by atoms with Crippen LogP contribution in [0.5, 0.6) is 0 Å². The Bertz CT molecular complexity index is 205. The van der Waals surface area contributed by atoms with Gasteiger partial charge in [0.15, 0.2) is 0 Å². The molecule has 0 nitrogen and oxygen atoms in total. The summed E-state index contributed by atoms with van der Waals surface area (Å²) < 4.78 is 0. The fourth-order valence-corrected chi connectivity index (χ4v) is 6.23. The van der Waals surface area contributed by atoms with Crippen LogP contribution in [0.3, 0.4) is 0 Å². The first kappa shape index (κ1) is 11.8. The summed E-state index contributed by atoms with van der Waals surface area (Å²) in [5, 5.41) is 0. The average Bonchev–Trinajstić information content (AvgIpc) is 2.39. The molecule has 102 valence electrons. The van der Waals surface area contributed by atoms with Crippen molar-refractivity contribution in [3.8, 4) is 0 Å². The van der Waals surface area contributed by atoms with Gasteiger partial charge in [-0.05, 0) is 74.0 Å². The molecule has 0 saturated heterocycles. The third kappa shape index (κ3) is 2.37. The highest BCUT2D eigenvalue weighted by Crippen LogP contribution is 2.49. The summed E-state index contributed by atoms with van der Waals surface area (Å²) in [4.78, 5) is 0. The van der Waals surface area contributed by atoms with Crippen molar-refractivity contribution in [3.63, 3.8) is 0 Å². The molecule has 0 radical (unpaired) electrons. The maximum Gasteiger partial charge on any atom is -0.0409 e. The van der Waals surface area contributed by atoms with Gasteiger partial charge in [-0.3, -0.25) is 0 Å². The molecule has 0 aliphatic heterocycles. The Hall–Kier alpha value is 0. The van der Waals surface area contributed by atoms with E-state index in [9.17, 15) is 0 Å². The van der Waals surface area contributed by atoms with Crippen molar-refractivity contribution in [3.05, 3.63) is 0 Å². The van der Waals surface area contributed by atoms with Crippen molar-refractivity contribution in [2.45, 2.75) is 77.0 Å². The monoisotopic (exact) mass is 246 g/mol. The van der Waals surface area contributed by atoms with Crippen molar-refractivity contribution < 1.29 is 0 Å². The van der Waals surface area contributed by atoms with Crippen molar-refractivity contribution >= 4 is 0 Å². The summed E-state index contributed by atoms with van der Waals surface area (Å²) in [5.74, 6) is 6.77. The van der Waals surface area contributed by atoms with Gasteiger partial charge in [-0.15, -0.1) is 0 Å². The number of rotatable bonds is 0. The summed E-state index contributed by atoms with van der Waals surface area (Å²) in [6.07, 6.45) is 19.2. The van der Waals surface area contributed by atoms with Crippen molar-refractivity contribution in [2.75, 3.05) is 0 Å². The van der Waals surface area contributed by atoms with E-state index in [0.29, 0.717) is 0 Å². The SMILES string of the molecule is C1CC2CC3CCC4CC1CC(CCC(C2)C3)C4. The number of hydrogen-bond acceptors (Lipinski definition) is 0. The largest absolute Gasteiger partial charge is 0.0502 e. The Kier molecular flexibility index (Phi) is 3.17. The van der Waals surface area contributed by atoms with Crippen LogP contribution in [-0.4, -0.2) is 0 Å². The lowest BCUT2D eigenvalue weighted by Gasteiger charge is -2.44. The van der Waals surface area contributed by atoms with Gasteiger partial charge < -0.3 is 0 Å². The minimum absolute atomic E-state index is 1.13. The molecule has 5 fully saturated rings. The normalized spacial score (nSPS) is 52.0. The van der Waals surface area contributed by atoms with Gasteiger partial charge >= 0.3 is 0 Å². The summed E-state index contributed by atoms with van der Waals surface area (Å²) in [7, 11) is 0. The third-order valence-electron chi connectivity index (χ3n) is 6.95. The predicted molar refractivity (Wildman–Crippen MR) is 76.3 cm³/mol. The second-order valence-electron chi connectivity index (χ2n) is 8.34. The van der Waals surface area contributed by atoms with Crippen LogP contribution in [0.2, 0.25) is 0 Å². The van der Waals surface area contributed by atoms with Gasteiger partial charge in [0, 0.05) is 0 Å². The zero-order chi connectivity index (χ0) is 11.9. The molecule has 0 heteroatoms. The Morgan fingerprint density at radius 1 is 0.278 bits per heavy atom. The van der Waals surface area contributed by atoms with Crippen LogP contribution >= 0.6 is 0 Å². The average molecular weight is 246 g/mol. The number of fused-ring (bicyclic) bond motifs is 3. The third-order valence-corrected chi connectivity index (χ3v) is 6.95.